The van der Waals surface area contributed by atoms with Crippen LogP contribution < -0.4 is 10.1 Å². The van der Waals surface area contributed by atoms with Crippen LogP contribution >= 0.6 is 0 Å². The first-order valence-corrected chi connectivity index (χ1v) is 7.53. The number of nitro benzene ring substituents is 1. The zero-order valence-corrected chi connectivity index (χ0v) is 13.7. The van der Waals surface area contributed by atoms with Gasteiger partial charge in [-0.05, 0) is 36.8 Å². The quantitative estimate of drug-likeness (QED) is 0.568. The van der Waals surface area contributed by atoms with Gasteiger partial charge in [-0.1, -0.05) is 0 Å². The molecule has 0 spiro atoms. The van der Waals surface area contributed by atoms with Crippen LogP contribution in [0.25, 0.3) is 5.65 Å². The van der Waals surface area contributed by atoms with Crippen molar-refractivity contribution in [1.82, 2.24) is 14.7 Å². The summed E-state index contributed by atoms with van der Waals surface area (Å²) in [5.41, 5.74) is 2.52. The molecule has 128 valence electrons. The summed E-state index contributed by atoms with van der Waals surface area (Å²) in [6.45, 7) is 2.20. The van der Waals surface area contributed by atoms with Gasteiger partial charge in [0.1, 0.15) is 5.65 Å². The molecule has 2 heterocycles. The molecule has 0 fully saturated rings. The number of nitrogens with zero attached hydrogens (tertiary/aromatic N) is 3. The zero-order chi connectivity index (χ0) is 18.0. The number of ether oxygens (including phenoxy) is 1. The number of amides is 1. The molecule has 0 saturated carbocycles. The molecule has 0 atom stereocenters. The highest BCUT2D eigenvalue weighted by molar-refractivity contribution is 5.95. The van der Waals surface area contributed by atoms with E-state index < -0.39 is 10.8 Å². The fraction of sp³-hybridized carbons (Fsp3) is 0.176. The monoisotopic (exact) mass is 340 g/mol. The van der Waals surface area contributed by atoms with E-state index in [0.717, 1.165) is 11.2 Å². The molecule has 1 N–H and O–H groups in total. The Bertz CT molecular complexity index is 964. The highest BCUT2D eigenvalue weighted by Gasteiger charge is 2.18. The molecule has 0 unspecified atom stereocenters. The van der Waals surface area contributed by atoms with Crippen molar-refractivity contribution >= 4 is 17.2 Å². The maximum Gasteiger partial charge on any atom is 0.311 e. The molecular weight excluding hydrogens is 324 g/mol. The molecule has 25 heavy (non-hydrogen) atoms. The Hall–Kier alpha value is -3.42. The minimum Gasteiger partial charge on any atom is -0.490 e. The van der Waals surface area contributed by atoms with Crippen molar-refractivity contribution in [2.24, 2.45) is 0 Å². The number of fused-ring (bicyclic) bond motifs is 1. The van der Waals surface area contributed by atoms with Gasteiger partial charge in [0.15, 0.2) is 5.75 Å². The maximum absolute atomic E-state index is 12.3. The smallest absolute Gasteiger partial charge is 0.311 e. The predicted octanol–water partition coefficient (Wildman–Crippen LogP) is 2.49. The molecule has 0 aliphatic carbocycles. The Balaban J connectivity index is 1.75. The van der Waals surface area contributed by atoms with E-state index in [9.17, 15) is 14.9 Å². The highest BCUT2D eigenvalue weighted by atomic mass is 16.6. The van der Waals surface area contributed by atoms with Gasteiger partial charge in [-0.3, -0.25) is 14.9 Å². The van der Waals surface area contributed by atoms with E-state index in [1.54, 1.807) is 0 Å². The van der Waals surface area contributed by atoms with Gasteiger partial charge in [-0.15, -0.1) is 0 Å². The third-order valence-electron chi connectivity index (χ3n) is 3.73. The van der Waals surface area contributed by atoms with Gasteiger partial charge in [-0.2, -0.15) is 0 Å². The number of nitro groups is 1. The zero-order valence-electron chi connectivity index (χ0n) is 13.7. The number of carbonyl (C=O) groups is 1. The lowest BCUT2D eigenvalue weighted by Gasteiger charge is -2.05. The SMILES string of the molecule is COc1ccc(C(=O)NCc2cn3ccc(C)cc3n2)cc1[N+](=O)[O-]. The summed E-state index contributed by atoms with van der Waals surface area (Å²) in [6, 6.07) is 7.99. The third kappa shape index (κ3) is 3.42. The fourth-order valence-electron chi connectivity index (χ4n) is 2.47. The molecule has 0 aliphatic rings. The molecule has 8 nitrogen and oxygen atoms in total. The Morgan fingerprint density at radius 2 is 2.16 bits per heavy atom. The van der Waals surface area contributed by atoms with Crippen molar-refractivity contribution in [1.29, 1.82) is 0 Å². The summed E-state index contributed by atoms with van der Waals surface area (Å²) in [5, 5.41) is 13.8. The van der Waals surface area contributed by atoms with Gasteiger partial charge in [0.05, 0.1) is 24.3 Å². The van der Waals surface area contributed by atoms with Gasteiger partial charge in [0.25, 0.3) is 5.91 Å². The molecule has 0 aliphatic heterocycles. The average Bonchev–Trinajstić information content (AvgIpc) is 3.00. The third-order valence-corrected chi connectivity index (χ3v) is 3.73. The van der Waals surface area contributed by atoms with E-state index in [2.05, 4.69) is 10.3 Å². The Kier molecular flexibility index (Phi) is 4.34. The number of imidazole rings is 1. The van der Waals surface area contributed by atoms with E-state index >= 15 is 0 Å². The molecule has 1 amide bonds. The summed E-state index contributed by atoms with van der Waals surface area (Å²) in [4.78, 5) is 27.1. The second kappa shape index (κ2) is 6.60. The number of hydrogen-bond acceptors (Lipinski definition) is 5. The number of carbonyl (C=O) groups excluding carboxylic acids is 1. The van der Waals surface area contributed by atoms with Crippen molar-refractivity contribution in [3.63, 3.8) is 0 Å². The van der Waals surface area contributed by atoms with Gasteiger partial charge in [-0.25, -0.2) is 4.98 Å². The molecule has 0 saturated heterocycles. The lowest BCUT2D eigenvalue weighted by atomic mass is 10.1. The first kappa shape index (κ1) is 16.4. The van der Waals surface area contributed by atoms with E-state index in [-0.39, 0.29) is 23.5 Å². The van der Waals surface area contributed by atoms with Gasteiger partial charge < -0.3 is 14.5 Å². The first-order valence-electron chi connectivity index (χ1n) is 7.53. The molecule has 0 bridgehead atoms. The number of rotatable bonds is 5. The molecule has 8 heteroatoms. The number of benzene rings is 1. The van der Waals surface area contributed by atoms with Crippen molar-refractivity contribution in [3.8, 4) is 5.75 Å². The number of pyridine rings is 1. The van der Waals surface area contributed by atoms with Crippen LogP contribution in [0.2, 0.25) is 0 Å². The lowest BCUT2D eigenvalue weighted by Crippen LogP contribution is -2.23. The van der Waals surface area contributed by atoms with Crippen molar-refractivity contribution in [3.05, 3.63) is 69.7 Å². The molecule has 3 rings (SSSR count). The normalized spacial score (nSPS) is 10.6. The summed E-state index contributed by atoms with van der Waals surface area (Å²) >= 11 is 0. The fourth-order valence-corrected chi connectivity index (χ4v) is 2.47. The predicted molar refractivity (Wildman–Crippen MR) is 90.7 cm³/mol. The minimum absolute atomic E-state index is 0.109. The van der Waals surface area contributed by atoms with E-state index in [1.165, 1.54) is 25.3 Å². The van der Waals surface area contributed by atoms with Crippen molar-refractivity contribution < 1.29 is 14.5 Å². The summed E-state index contributed by atoms with van der Waals surface area (Å²) in [7, 11) is 1.34. The van der Waals surface area contributed by atoms with Crippen LogP contribution in [0.1, 0.15) is 21.6 Å². The summed E-state index contributed by atoms with van der Waals surface area (Å²) in [6.07, 6.45) is 3.72. The second-order valence-corrected chi connectivity index (χ2v) is 5.53. The number of hydrogen-bond donors (Lipinski definition) is 1. The van der Waals surface area contributed by atoms with Crippen LogP contribution in [0.4, 0.5) is 5.69 Å². The van der Waals surface area contributed by atoms with Crippen LogP contribution in [0.3, 0.4) is 0 Å². The summed E-state index contributed by atoms with van der Waals surface area (Å²) < 4.78 is 6.80. The van der Waals surface area contributed by atoms with Crippen LogP contribution in [0.15, 0.2) is 42.7 Å². The summed E-state index contributed by atoms with van der Waals surface area (Å²) in [5.74, 6) is -0.309. The standard InChI is InChI=1S/C17H16N4O4/c1-11-5-6-20-10-13(19-16(20)7-11)9-18-17(22)12-3-4-15(25-2)14(8-12)21(23)24/h3-8,10H,9H2,1-2H3,(H,18,22). The number of nitrogens with one attached hydrogen (secondary N) is 1. The van der Waals surface area contributed by atoms with Crippen molar-refractivity contribution in [2.45, 2.75) is 13.5 Å². The van der Waals surface area contributed by atoms with Crippen LogP contribution in [-0.4, -0.2) is 27.3 Å². The van der Waals surface area contributed by atoms with Crippen molar-refractivity contribution in [2.75, 3.05) is 7.11 Å². The van der Waals surface area contributed by atoms with E-state index in [0.29, 0.717) is 5.69 Å². The Morgan fingerprint density at radius 1 is 1.36 bits per heavy atom. The first-order chi connectivity index (χ1) is 12.0. The molecular formula is C17H16N4O4. The van der Waals surface area contributed by atoms with Gasteiger partial charge >= 0.3 is 5.69 Å². The number of methoxy groups -OCH3 is 1. The lowest BCUT2D eigenvalue weighted by molar-refractivity contribution is -0.385. The van der Waals surface area contributed by atoms with E-state index in [1.807, 2.05) is 35.9 Å². The van der Waals surface area contributed by atoms with Crippen LogP contribution in [0.5, 0.6) is 5.75 Å². The van der Waals surface area contributed by atoms with E-state index in [4.69, 9.17) is 4.74 Å². The van der Waals surface area contributed by atoms with Gasteiger partial charge in [0, 0.05) is 24.0 Å². The average molecular weight is 340 g/mol. The molecule has 2 aromatic heterocycles. The maximum atomic E-state index is 12.3. The van der Waals surface area contributed by atoms with Crippen LogP contribution in [-0.2, 0) is 6.54 Å². The largest absolute Gasteiger partial charge is 0.490 e. The molecule has 3 aromatic rings. The Labute approximate surface area is 143 Å². The minimum atomic E-state index is -0.583. The highest BCUT2D eigenvalue weighted by Crippen LogP contribution is 2.27. The molecule has 1 aromatic carbocycles. The van der Waals surface area contributed by atoms with Gasteiger partial charge in [0.2, 0.25) is 0 Å². The van der Waals surface area contributed by atoms with Crippen LogP contribution in [0, 0.1) is 17.0 Å². The Morgan fingerprint density at radius 3 is 2.88 bits per heavy atom. The topological polar surface area (TPSA) is 98.8 Å². The number of aromatic nitrogens is 2. The second-order valence-electron chi connectivity index (χ2n) is 5.53. The molecule has 0 radical (unpaired) electrons. The number of aryl methyl sites for hydroxylation is 1.